The highest BCUT2D eigenvalue weighted by molar-refractivity contribution is 7.98. The van der Waals surface area contributed by atoms with Crippen LogP contribution in [0.25, 0.3) is 0 Å². The first-order chi connectivity index (χ1) is 11.7. The first kappa shape index (κ1) is 16.7. The van der Waals surface area contributed by atoms with Crippen LogP contribution >= 0.6 is 11.8 Å². The normalized spacial score (nSPS) is 14.1. The number of carbonyl (C=O) groups is 2. The van der Waals surface area contributed by atoms with Gasteiger partial charge in [-0.2, -0.15) is 0 Å². The van der Waals surface area contributed by atoms with Crippen LogP contribution in [0.3, 0.4) is 0 Å². The largest absolute Gasteiger partial charge is 0.289 e. The van der Waals surface area contributed by atoms with Crippen LogP contribution in [0.5, 0.6) is 0 Å². The number of carbonyl (C=O) groups excluding carboxylic acids is 2. The second kappa shape index (κ2) is 7.63. The molecule has 3 rings (SSSR count). The van der Waals surface area contributed by atoms with Gasteiger partial charge in [-0.3, -0.25) is 9.59 Å². The summed E-state index contributed by atoms with van der Waals surface area (Å²) in [4.78, 5) is 26.2. The molecule has 2 aromatic carbocycles. The summed E-state index contributed by atoms with van der Waals surface area (Å²) in [6.45, 7) is 0. The van der Waals surface area contributed by atoms with Crippen LogP contribution in [0.15, 0.2) is 65.1 Å². The Kier molecular flexibility index (Phi) is 5.31. The summed E-state index contributed by atoms with van der Waals surface area (Å²) in [5.41, 5.74) is 2.91. The van der Waals surface area contributed by atoms with Crippen LogP contribution in [0.2, 0.25) is 0 Å². The van der Waals surface area contributed by atoms with Gasteiger partial charge in [0.15, 0.2) is 11.6 Å². The number of Topliss-reactive ketones (excluding diaryl/α,β-unsaturated/α-hetero) is 1. The molecule has 0 atom stereocenters. The molecule has 24 heavy (non-hydrogen) atoms. The van der Waals surface area contributed by atoms with E-state index in [-0.39, 0.29) is 11.6 Å². The first-order valence-corrected chi connectivity index (χ1v) is 9.44. The van der Waals surface area contributed by atoms with E-state index >= 15 is 0 Å². The monoisotopic (exact) mass is 336 g/mol. The lowest BCUT2D eigenvalue weighted by atomic mass is 9.92. The minimum absolute atomic E-state index is 0.00386. The Bertz CT molecular complexity index is 791. The van der Waals surface area contributed by atoms with Gasteiger partial charge in [-0.05, 0) is 49.6 Å². The molecule has 0 aromatic heterocycles. The van der Waals surface area contributed by atoms with Crippen LogP contribution in [0, 0.1) is 0 Å². The molecule has 0 fully saturated rings. The molecule has 1 aliphatic rings. The number of benzene rings is 2. The van der Waals surface area contributed by atoms with E-state index in [1.165, 1.54) is 11.8 Å². The molecular weight excluding hydrogens is 316 g/mol. The van der Waals surface area contributed by atoms with Gasteiger partial charge < -0.3 is 0 Å². The van der Waals surface area contributed by atoms with E-state index in [0.717, 1.165) is 36.2 Å². The molecule has 0 heterocycles. The van der Waals surface area contributed by atoms with Crippen LogP contribution in [-0.4, -0.2) is 17.8 Å². The standard InChI is InChI=1S/C21H20O2S/c1-24-19-14-17(20(22)15-8-4-2-5-9-15)12-13-18(19)21(23)16-10-6-3-7-11-16/h3,6-8,10-14H,2,4-5,9H2,1H3. The maximum Gasteiger partial charge on any atom is 0.194 e. The van der Waals surface area contributed by atoms with Crippen molar-refractivity contribution in [2.45, 2.75) is 30.6 Å². The van der Waals surface area contributed by atoms with E-state index < -0.39 is 0 Å². The third-order valence-corrected chi connectivity index (χ3v) is 5.10. The van der Waals surface area contributed by atoms with Crippen LogP contribution in [0.1, 0.15) is 52.0 Å². The molecule has 0 spiro atoms. The Hall–Kier alpha value is -2.13. The number of thioether (sulfide) groups is 1. The molecule has 0 radical (unpaired) electrons. The predicted molar refractivity (Wildman–Crippen MR) is 99.0 cm³/mol. The van der Waals surface area contributed by atoms with Gasteiger partial charge in [0.05, 0.1) is 0 Å². The second-order valence-corrected chi connectivity index (χ2v) is 6.76. The van der Waals surface area contributed by atoms with Crippen molar-refractivity contribution in [3.8, 4) is 0 Å². The van der Waals surface area contributed by atoms with Crippen molar-refractivity contribution in [1.29, 1.82) is 0 Å². The fourth-order valence-corrected chi connectivity index (χ4v) is 3.62. The maximum absolute atomic E-state index is 12.7. The molecule has 0 saturated carbocycles. The lowest BCUT2D eigenvalue weighted by Gasteiger charge is -2.13. The molecular formula is C21H20O2S. The van der Waals surface area contributed by atoms with Crippen LogP contribution in [0.4, 0.5) is 0 Å². The number of hydrogen-bond acceptors (Lipinski definition) is 3. The first-order valence-electron chi connectivity index (χ1n) is 8.22. The SMILES string of the molecule is CSc1cc(C(=O)C2=CCCCC2)ccc1C(=O)c1ccccc1. The fraction of sp³-hybridized carbons (Fsp3) is 0.238. The minimum atomic E-state index is -0.00386. The summed E-state index contributed by atoms with van der Waals surface area (Å²) in [5, 5.41) is 0. The number of rotatable bonds is 5. The third kappa shape index (κ3) is 3.51. The van der Waals surface area contributed by atoms with Crippen molar-refractivity contribution in [3.05, 3.63) is 76.9 Å². The molecule has 0 saturated heterocycles. The average molecular weight is 336 g/mol. The quantitative estimate of drug-likeness (QED) is 0.547. The Balaban J connectivity index is 1.92. The molecule has 1 aliphatic carbocycles. The van der Waals surface area contributed by atoms with Crippen molar-refractivity contribution >= 4 is 23.3 Å². The lowest BCUT2D eigenvalue weighted by Crippen LogP contribution is -2.09. The van der Waals surface area contributed by atoms with Crippen molar-refractivity contribution < 1.29 is 9.59 Å². The van der Waals surface area contributed by atoms with Crippen LogP contribution in [-0.2, 0) is 0 Å². The highest BCUT2D eigenvalue weighted by Crippen LogP contribution is 2.27. The van der Waals surface area contributed by atoms with Gasteiger partial charge >= 0.3 is 0 Å². The number of hydrogen-bond donors (Lipinski definition) is 0. The van der Waals surface area contributed by atoms with Gasteiger partial charge in [-0.1, -0.05) is 42.5 Å². The molecule has 0 bridgehead atoms. The third-order valence-electron chi connectivity index (χ3n) is 4.33. The molecule has 3 heteroatoms. The Morgan fingerprint density at radius 3 is 2.38 bits per heavy atom. The zero-order valence-electron chi connectivity index (χ0n) is 13.7. The maximum atomic E-state index is 12.7. The van der Waals surface area contributed by atoms with Crippen LogP contribution < -0.4 is 0 Å². The number of allylic oxidation sites excluding steroid dienone is 2. The summed E-state index contributed by atoms with van der Waals surface area (Å²) >= 11 is 1.50. The van der Waals surface area contributed by atoms with Crippen molar-refractivity contribution in [2.24, 2.45) is 0 Å². The summed E-state index contributed by atoms with van der Waals surface area (Å²) in [6, 6.07) is 14.7. The summed E-state index contributed by atoms with van der Waals surface area (Å²) in [7, 11) is 0. The molecule has 0 unspecified atom stereocenters. The number of ketones is 2. The molecule has 2 aromatic rings. The molecule has 122 valence electrons. The Morgan fingerprint density at radius 1 is 0.917 bits per heavy atom. The molecule has 0 amide bonds. The summed E-state index contributed by atoms with van der Waals surface area (Å²) in [5.74, 6) is 0.0968. The highest BCUT2D eigenvalue weighted by atomic mass is 32.2. The fourth-order valence-electron chi connectivity index (χ4n) is 2.99. The Morgan fingerprint density at radius 2 is 1.71 bits per heavy atom. The topological polar surface area (TPSA) is 34.1 Å². The van der Waals surface area contributed by atoms with E-state index in [9.17, 15) is 9.59 Å². The smallest absolute Gasteiger partial charge is 0.194 e. The summed E-state index contributed by atoms with van der Waals surface area (Å²) in [6.07, 6.45) is 8.09. The molecule has 0 N–H and O–H groups in total. The van der Waals surface area contributed by atoms with E-state index in [0.29, 0.717) is 16.7 Å². The highest BCUT2D eigenvalue weighted by Gasteiger charge is 2.18. The van der Waals surface area contributed by atoms with E-state index in [1.54, 1.807) is 12.1 Å². The average Bonchev–Trinajstić information content (AvgIpc) is 2.67. The lowest BCUT2D eigenvalue weighted by molar-refractivity contribution is 0.102. The van der Waals surface area contributed by atoms with E-state index in [1.807, 2.05) is 42.7 Å². The van der Waals surface area contributed by atoms with E-state index in [2.05, 4.69) is 6.08 Å². The van der Waals surface area contributed by atoms with Gasteiger partial charge in [-0.15, -0.1) is 11.8 Å². The van der Waals surface area contributed by atoms with Crippen molar-refractivity contribution in [3.63, 3.8) is 0 Å². The van der Waals surface area contributed by atoms with E-state index in [4.69, 9.17) is 0 Å². The molecule has 2 nitrogen and oxygen atoms in total. The zero-order valence-corrected chi connectivity index (χ0v) is 14.6. The predicted octanol–water partition coefficient (Wildman–Crippen LogP) is 5.32. The summed E-state index contributed by atoms with van der Waals surface area (Å²) < 4.78 is 0. The zero-order chi connectivity index (χ0) is 16.9. The van der Waals surface area contributed by atoms with Gasteiger partial charge in [0.25, 0.3) is 0 Å². The van der Waals surface area contributed by atoms with Crippen molar-refractivity contribution in [1.82, 2.24) is 0 Å². The Labute approximate surface area is 147 Å². The minimum Gasteiger partial charge on any atom is -0.289 e. The van der Waals surface area contributed by atoms with Crippen molar-refractivity contribution in [2.75, 3.05) is 6.26 Å². The molecule has 0 aliphatic heterocycles. The second-order valence-electron chi connectivity index (χ2n) is 5.91. The van der Waals surface area contributed by atoms with Gasteiger partial charge in [0.2, 0.25) is 0 Å². The van der Waals surface area contributed by atoms with Gasteiger partial charge in [0, 0.05) is 21.6 Å². The van der Waals surface area contributed by atoms with Gasteiger partial charge in [0.1, 0.15) is 0 Å². The van der Waals surface area contributed by atoms with Gasteiger partial charge in [-0.25, -0.2) is 0 Å².